The van der Waals surface area contributed by atoms with E-state index in [0.29, 0.717) is 25.2 Å². The van der Waals surface area contributed by atoms with Gasteiger partial charge in [0.15, 0.2) is 0 Å². The first kappa shape index (κ1) is 14.7. The van der Waals surface area contributed by atoms with E-state index >= 15 is 0 Å². The van der Waals surface area contributed by atoms with Gasteiger partial charge in [-0.15, -0.1) is 11.3 Å². The Morgan fingerprint density at radius 1 is 1.32 bits per heavy atom. The predicted octanol–water partition coefficient (Wildman–Crippen LogP) is 2.10. The van der Waals surface area contributed by atoms with Gasteiger partial charge in [0.05, 0.1) is 5.01 Å². The van der Waals surface area contributed by atoms with Gasteiger partial charge in [-0.1, -0.05) is 18.2 Å². The van der Waals surface area contributed by atoms with E-state index in [1.54, 1.807) is 5.38 Å². The van der Waals surface area contributed by atoms with Gasteiger partial charge in [0.25, 0.3) is 5.91 Å². The minimum atomic E-state index is -0.126. The molecule has 1 amide bonds. The summed E-state index contributed by atoms with van der Waals surface area (Å²) < 4.78 is 0. The van der Waals surface area contributed by atoms with Crippen LogP contribution in [-0.2, 0) is 12.8 Å². The predicted molar refractivity (Wildman–Crippen MR) is 89.2 cm³/mol. The molecule has 114 valence electrons. The molecule has 0 aliphatic rings. The summed E-state index contributed by atoms with van der Waals surface area (Å²) in [4.78, 5) is 19.6. The van der Waals surface area contributed by atoms with Crippen molar-refractivity contribution in [2.45, 2.75) is 12.8 Å². The van der Waals surface area contributed by atoms with E-state index in [2.05, 4.69) is 21.4 Å². The van der Waals surface area contributed by atoms with E-state index in [4.69, 9.17) is 5.73 Å². The molecular weight excluding hydrogens is 296 g/mol. The third-order valence-electron chi connectivity index (χ3n) is 3.50. The van der Waals surface area contributed by atoms with Crippen LogP contribution >= 0.6 is 11.3 Å². The Labute approximate surface area is 132 Å². The number of thiazole rings is 1. The molecule has 0 spiro atoms. The molecule has 3 aromatic rings. The van der Waals surface area contributed by atoms with Crippen LogP contribution in [0.15, 0.2) is 35.8 Å². The van der Waals surface area contributed by atoms with Crippen molar-refractivity contribution in [2.24, 2.45) is 5.73 Å². The Morgan fingerprint density at radius 3 is 3.05 bits per heavy atom. The standard InChI is InChI=1S/C16H18N4OS/c17-7-5-15-20-14(10-22-15)16(21)18-8-6-11-9-19-13-4-2-1-3-12(11)13/h1-4,9-10,19H,5-8,17H2,(H,18,21). The Morgan fingerprint density at radius 2 is 2.18 bits per heavy atom. The molecule has 22 heavy (non-hydrogen) atoms. The fourth-order valence-electron chi connectivity index (χ4n) is 2.39. The topological polar surface area (TPSA) is 83.8 Å². The smallest absolute Gasteiger partial charge is 0.270 e. The average Bonchev–Trinajstić information content (AvgIpc) is 3.15. The van der Waals surface area contributed by atoms with Crippen LogP contribution in [0.5, 0.6) is 0 Å². The Kier molecular flexibility index (Phi) is 4.50. The first-order valence-electron chi connectivity index (χ1n) is 7.25. The molecule has 0 atom stereocenters. The van der Waals surface area contributed by atoms with Crippen LogP contribution in [-0.4, -0.2) is 29.0 Å². The number of amides is 1. The van der Waals surface area contributed by atoms with Crippen molar-refractivity contribution < 1.29 is 4.79 Å². The molecule has 0 fully saturated rings. The first-order valence-corrected chi connectivity index (χ1v) is 8.13. The SMILES string of the molecule is NCCc1nc(C(=O)NCCc2c[nH]c3ccccc23)cs1. The molecule has 5 nitrogen and oxygen atoms in total. The van der Waals surface area contributed by atoms with Crippen molar-refractivity contribution in [1.29, 1.82) is 0 Å². The number of hydrogen-bond donors (Lipinski definition) is 3. The van der Waals surface area contributed by atoms with Crippen LogP contribution in [0.3, 0.4) is 0 Å². The Bertz CT molecular complexity index is 777. The number of rotatable bonds is 6. The lowest BCUT2D eigenvalue weighted by Crippen LogP contribution is -2.26. The summed E-state index contributed by atoms with van der Waals surface area (Å²) in [6, 6.07) is 8.16. The molecule has 3 rings (SSSR count). The molecule has 0 radical (unpaired) electrons. The van der Waals surface area contributed by atoms with E-state index in [9.17, 15) is 4.79 Å². The Balaban J connectivity index is 1.57. The number of nitrogens with two attached hydrogens (primary N) is 1. The highest BCUT2D eigenvalue weighted by atomic mass is 32.1. The number of benzene rings is 1. The molecule has 1 aromatic carbocycles. The summed E-state index contributed by atoms with van der Waals surface area (Å²) in [6.07, 6.45) is 3.50. The lowest BCUT2D eigenvalue weighted by Gasteiger charge is -2.02. The molecule has 6 heteroatoms. The maximum Gasteiger partial charge on any atom is 0.270 e. The summed E-state index contributed by atoms with van der Waals surface area (Å²) in [5, 5.41) is 6.81. The molecule has 0 saturated heterocycles. The lowest BCUT2D eigenvalue weighted by atomic mass is 10.1. The number of carbonyl (C=O) groups excluding carboxylic acids is 1. The Hall–Kier alpha value is -2.18. The third-order valence-corrected chi connectivity index (χ3v) is 4.41. The average molecular weight is 314 g/mol. The van der Waals surface area contributed by atoms with Crippen molar-refractivity contribution >= 4 is 28.1 Å². The summed E-state index contributed by atoms with van der Waals surface area (Å²) in [7, 11) is 0. The molecule has 2 aromatic heterocycles. The quantitative estimate of drug-likeness (QED) is 0.651. The zero-order valence-corrected chi connectivity index (χ0v) is 13.0. The summed E-state index contributed by atoms with van der Waals surface area (Å²) in [5.41, 5.74) is 8.29. The van der Waals surface area contributed by atoms with Gasteiger partial charge in [0.1, 0.15) is 5.69 Å². The molecular formula is C16H18N4OS. The molecule has 0 aliphatic heterocycles. The van der Waals surface area contributed by atoms with Crippen molar-refractivity contribution in [3.8, 4) is 0 Å². The second-order valence-corrected chi connectivity index (χ2v) is 5.97. The van der Waals surface area contributed by atoms with E-state index in [1.165, 1.54) is 22.3 Å². The van der Waals surface area contributed by atoms with Crippen molar-refractivity contribution in [3.05, 3.63) is 52.1 Å². The van der Waals surface area contributed by atoms with Gasteiger partial charge in [-0.2, -0.15) is 0 Å². The van der Waals surface area contributed by atoms with Gasteiger partial charge in [0.2, 0.25) is 0 Å². The van der Waals surface area contributed by atoms with Gasteiger partial charge in [0, 0.05) is 35.4 Å². The zero-order valence-electron chi connectivity index (χ0n) is 12.1. The number of nitrogens with zero attached hydrogens (tertiary/aromatic N) is 1. The van der Waals surface area contributed by atoms with E-state index < -0.39 is 0 Å². The number of fused-ring (bicyclic) bond motifs is 1. The van der Waals surface area contributed by atoms with Gasteiger partial charge in [-0.25, -0.2) is 4.98 Å². The van der Waals surface area contributed by atoms with Gasteiger partial charge >= 0.3 is 0 Å². The van der Waals surface area contributed by atoms with Gasteiger partial charge in [-0.05, 0) is 24.6 Å². The lowest BCUT2D eigenvalue weighted by molar-refractivity contribution is 0.0949. The third kappa shape index (κ3) is 3.18. The van der Waals surface area contributed by atoms with Crippen LogP contribution in [0.1, 0.15) is 21.1 Å². The molecule has 2 heterocycles. The summed E-state index contributed by atoms with van der Waals surface area (Å²) in [6.45, 7) is 1.14. The number of aromatic nitrogens is 2. The van der Waals surface area contributed by atoms with Crippen LogP contribution in [0, 0.1) is 0 Å². The highest BCUT2D eigenvalue weighted by molar-refractivity contribution is 7.09. The number of para-hydroxylation sites is 1. The van der Waals surface area contributed by atoms with Crippen molar-refractivity contribution in [3.63, 3.8) is 0 Å². The van der Waals surface area contributed by atoms with E-state index in [0.717, 1.165) is 16.9 Å². The summed E-state index contributed by atoms with van der Waals surface area (Å²) in [5.74, 6) is -0.126. The number of H-pyrrole nitrogens is 1. The fourth-order valence-corrected chi connectivity index (χ4v) is 3.19. The highest BCUT2D eigenvalue weighted by Crippen LogP contribution is 2.17. The van der Waals surface area contributed by atoms with Crippen molar-refractivity contribution in [1.82, 2.24) is 15.3 Å². The minimum Gasteiger partial charge on any atom is -0.361 e. The molecule has 0 saturated carbocycles. The van der Waals surface area contributed by atoms with E-state index in [-0.39, 0.29) is 5.91 Å². The molecule has 0 unspecified atom stereocenters. The minimum absolute atomic E-state index is 0.126. The van der Waals surface area contributed by atoms with Crippen LogP contribution in [0.25, 0.3) is 10.9 Å². The van der Waals surface area contributed by atoms with Crippen molar-refractivity contribution in [2.75, 3.05) is 13.1 Å². The van der Waals surface area contributed by atoms with Crippen LogP contribution in [0.2, 0.25) is 0 Å². The largest absolute Gasteiger partial charge is 0.361 e. The molecule has 0 aliphatic carbocycles. The van der Waals surface area contributed by atoms with Crippen LogP contribution < -0.4 is 11.1 Å². The molecule has 4 N–H and O–H groups in total. The van der Waals surface area contributed by atoms with Crippen LogP contribution in [0.4, 0.5) is 0 Å². The maximum absolute atomic E-state index is 12.0. The normalized spacial score (nSPS) is 11.0. The van der Waals surface area contributed by atoms with Gasteiger partial charge in [-0.3, -0.25) is 4.79 Å². The molecule has 0 bridgehead atoms. The zero-order chi connectivity index (χ0) is 15.4. The maximum atomic E-state index is 12.0. The number of hydrogen-bond acceptors (Lipinski definition) is 4. The number of carbonyl (C=O) groups is 1. The first-order chi connectivity index (χ1) is 10.8. The monoisotopic (exact) mass is 314 g/mol. The second kappa shape index (κ2) is 6.72. The number of nitrogens with one attached hydrogen (secondary N) is 2. The number of aromatic amines is 1. The second-order valence-electron chi connectivity index (χ2n) is 5.03. The summed E-state index contributed by atoms with van der Waals surface area (Å²) >= 11 is 1.48. The highest BCUT2D eigenvalue weighted by Gasteiger charge is 2.10. The fraction of sp³-hybridized carbons (Fsp3) is 0.250. The van der Waals surface area contributed by atoms with Gasteiger partial charge < -0.3 is 16.0 Å². The van der Waals surface area contributed by atoms with E-state index in [1.807, 2.05) is 24.4 Å².